The second-order valence-corrected chi connectivity index (χ2v) is 7.07. The lowest BCUT2D eigenvalue weighted by molar-refractivity contribution is -0.0447. The minimum Gasteiger partial charge on any atom is -0.382 e. The zero-order valence-corrected chi connectivity index (χ0v) is 19.5. The van der Waals surface area contributed by atoms with Gasteiger partial charge in [-0.05, 0) is 13.1 Å². The van der Waals surface area contributed by atoms with Gasteiger partial charge in [0.25, 0.3) is 0 Å². The first-order chi connectivity index (χ1) is 13.2. The molecule has 0 radical (unpaired) electrons. The third-order valence-electron chi connectivity index (χ3n) is 5.11. The van der Waals surface area contributed by atoms with Crippen LogP contribution in [0.3, 0.4) is 0 Å². The average Bonchev–Trinajstić information content (AvgIpc) is 2.70. The quantitative estimate of drug-likeness (QED) is 0.363. The molecule has 2 aliphatic rings. The number of anilines is 1. The van der Waals surface area contributed by atoms with Gasteiger partial charge >= 0.3 is 0 Å². The van der Waals surface area contributed by atoms with Gasteiger partial charge in [0.1, 0.15) is 5.82 Å². The third-order valence-corrected chi connectivity index (χ3v) is 5.11. The van der Waals surface area contributed by atoms with Crippen LogP contribution in [-0.4, -0.2) is 101 Å². The Morgan fingerprint density at radius 1 is 1.32 bits per heavy atom. The van der Waals surface area contributed by atoms with E-state index in [1.807, 2.05) is 19.3 Å². The van der Waals surface area contributed by atoms with E-state index in [-0.39, 0.29) is 30.1 Å². The summed E-state index contributed by atoms with van der Waals surface area (Å²) in [6.07, 6.45) is 1.96. The average molecular weight is 504 g/mol. The molecule has 0 aliphatic carbocycles. The van der Waals surface area contributed by atoms with E-state index in [0.29, 0.717) is 19.8 Å². The van der Waals surface area contributed by atoms with E-state index in [4.69, 9.17) is 9.47 Å². The number of piperazine rings is 1. The standard InChI is InChI=1S/C19H32N6O2.HI/c1-20-19(25-11-12-27-17(14-25)15-26-3)22-13-16-5-4-6-21-18(16)24-9-7-23(2)8-10-24;/h4-6,17H,7-15H2,1-3H3,(H,20,22);1H. The first-order valence-corrected chi connectivity index (χ1v) is 9.64. The molecule has 158 valence electrons. The molecule has 2 aliphatic heterocycles. The van der Waals surface area contributed by atoms with Gasteiger partial charge in [-0.2, -0.15) is 0 Å². The largest absolute Gasteiger partial charge is 0.382 e. The summed E-state index contributed by atoms with van der Waals surface area (Å²) >= 11 is 0. The Bertz CT molecular complexity index is 622. The lowest BCUT2D eigenvalue weighted by Crippen LogP contribution is -2.51. The smallest absolute Gasteiger partial charge is 0.194 e. The van der Waals surface area contributed by atoms with Gasteiger partial charge in [0.05, 0.1) is 19.3 Å². The van der Waals surface area contributed by atoms with Crippen LogP contribution in [-0.2, 0) is 16.0 Å². The fraction of sp³-hybridized carbons (Fsp3) is 0.684. The molecule has 0 saturated carbocycles. The van der Waals surface area contributed by atoms with Gasteiger partial charge in [0.15, 0.2) is 5.96 Å². The van der Waals surface area contributed by atoms with E-state index < -0.39 is 0 Å². The molecule has 0 bridgehead atoms. The Hall–Kier alpha value is -1.17. The van der Waals surface area contributed by atoms with Crippen LogP contribution >= 0.6 is 24.0 Å². The molecule has 1 atom stereocenters. The molecule has 0 amide bonds. The number of likely N-dealkylation sites (N-methyl/N-ethyl adjacent to an activating group) is 1. The van der Waals surface area contributed by atoms with Crippen molar-refractivity contribution in [1.29, 1.82) is 0 Å². The van der Waals surface area contributed by atoms with Crippen molar-refractivity contribution >= 4 is 35.8 Å². The number of aromatic nitrogens is 1. The number of nitrogens with one attached hydrogen (secondary N) is 1. The van der Waals surface area contributed by atoms with Gasteiger partial charge in [0, 0.05) is 71.7 Å². The van der Waals surface area contributed by atoms with Crippen LogP contribution in [0.5, 0.6) is 0 Å². The second-order valence-electron chi connectivity index (χ2n) is 7.07. The van der Waals surface area contributed by atoms with E-state index in [2.05, 4.69) is 43.1 Å². The Morgan fingerprint density at radius 2 is 2.11 bits per heavy atom. The Morgan fingerprint density at radius 3 is 2.82 bits per heavy atom. The monoisotopic (exact) mass is 504 g/mol. The molecule has 2 saturated heterocycles. The van der Waals surface area contributed by atoms with E-state index in [1.165, 1.54) is 5.56 Å². The second kappa shape index (κ2) is 11.7. The highest BCUT2D eigenvalue weighted by atomic mass is 127. The van der Waals surface area contributed by atoms with Gasteiger partial charge in [0.2, 0.25) is 0 Å². The lowest BCUT2D eigenvalue weighted by atomic mass is 10.2. The zero-order valence-electron chi connectivity index (χ0n) is 17.1. The number of guanidine groups is 1. The van der Waals surface area contributed by atoms with Crippen molar-refractivity contribution < 1.29 is 9.47 Å². The summed E-state index contributed by atoms with van der Waals surface area (Å²) < 4.78 is 11.0. The molecular weight excluding hydrogens is 471 g/mol. The minimum absolute atomic E-state index is 0. The predicted molar refractivity (Wildman–Crippen MR) is 123 cm³/mol. The zero-order chi connectivity index (χ0) is 19.1. The van der Waals surface area contributed by atoms with E-state index >= 15 is 0 Å². The number of hydrogen-bond acceptors (Lipinski definition) is 6. The maximum atomic E-state index is 5.74. The van der Waals surface area contributed by atoms with Crippen molar-refractivity contribution in [3.63, 3.8) is 0 Å². The normalized spacial score (nSPS) is 21.4. The van der Waals surface area contributed by atoms with Gasteiger partial charge in [-0.25, -0.2) is 4.98 Å². The molecule has 2 fully saturated rings. The van der Waals surface area contributed by atoms with Crippen LogP contribution in [0.15, 0.2) is 23.3 Å². The van der Waals surface area contributed by atoms with Gasteiger partial charge in [-0.3, -0.25) is 4.99 Å². The van der Waals surface area contributed by atoms with Crippen molar-refractivity contribution in [3.8, 4) is 0 Å². The fourth-order valence-corrected chi connectivity index (χ4v) is 3.58. The van der Waals surface area contributed by atoms with E-state index in [9.17, 15) is 0 Å². The lowest BCUT2D eigenvalue weighted by Gasteiger charge is -2.35. The highest BCUT2D eigenvalue weighted by Crippen LogP contribution is 2.19. The van der Waals surface area contributed by atoms with Gasteiger partial charge < -0.3 is 29.5 Å². The highest BCUT2D eigenvalue weighted by Gasteiger charge is 2.23. The maximum Gasteiger partial charge on any atom is 0.194 e. The molecule has 9 heteroatoms. The van der Waals surface area contributed by atoms with Crippen LogP contribution in [0.4, 0.5) is 5.82 Å². The predicted octanol–water partition coefficient (Wildman–Crippen LogP) is 0.874. The summed E-state index contributed by atoms with van der Waals surface area (Å²) in [5.74, 6) is 1.97. The van der Waals surface area contributed by atoms with Crippen LogP contribution in [0, 0.1) is 0 Å². The number of hydrogen-bond donors (Lipinski definition) is 1. The molecule has 1 aromatic rings. The Labute approximate surface area is 185 Å². The maximum absolute atomic E-state index is 5.74. The Balaban J connectivity index is 0.00000280. The van der Waals surface area contributed by atoms with Crippen molar-refractivity contribution in [2.75, 3.05) is 78.6 Å². The Kier molecular flexibility index (Phi) is 9.69. The summed E-state index contributed by atoms with van der Waals surface area (Å²) in [6.45, 7) is 7.77. The molecule has 28 heavy (non-hydrogen) atoms. The van der Waals surface area contributed by atoms with Crippen LogP contribution in [0.2, 0.25) is 0 Å². The number of ether oxygens (including phenoxy) is 2. The van der Waals surface area contributed by atoms with Crippen LogP contribution in [0.1, 0.15) is 5.56 Å². The molecule has 8 nitrogen and oxygen atoms in total. The van der Waals surface area contributed by atoms with Gasteiger partial charge in [-0.15, -0.1) is 24.0 Å². The summed E-state index contributed by atoms with van der Waals surface area (Å²) in [5, 5.41) is 3.51. The van der Waals surface area contributed by atoms with Crippen molar-refractivity contribution in [3.05, 3.63) is 23.9 Å². The molecule has 0 spiro atoms. The summed E-state index contributed by atoms with van der Waals surface area (Å²) in [5.41, 5.74) is 1.20. The van der Waals surface area contributed by atoms with E-state index in [0.717, 1.165) is 51.0 Å². The number of halogens is 1. The molecule has 3 rings (SSSR count). The number of rotatable bonds is 5. The molecule has 1 N–H and O–H groups in total. The molecule has 3 heterocycles. The topological polar surface area (TPSA) is 65.5 Å². The van der Waals surface area contributed by atoms with Gasteiger partial charge in [-0.1, -0.05) is 6.07 Å². The number of methoxy groups -OCH3 is 1. The molecule has 0 aromatic carbocycles. The number of aliphatic imine (C=N–C) groups is 1. The van der Waals surface area contributed by atoms with Crippen LogP contribution in [0.25, 0.3) is 0 Å². The first kappa shape index (κ1) is 23.1. The highest BCUT2D eigenvalue weighted by molar-refractivity contribution is 14.0. The number of pyridine rings is 1. The number of morpholine rings is 1. The number of nitrogens with zero attached hydrogens (tertiary/aromatic N) is 5. The van der Waals surface area contributed by atoms with E-state index in [1.54, 1.807) is 7.11 Å². The SMILES string of the molecule is CN=C(NCc1cccnc1N1CCN(C)CC1)N1CCOC(COC)C1.I. The molecule has 1 unspecified atom stereocenters. The molecule has 1 aromatic heterocycles. The fourth-order valence-electron chi connectivity index (χ4n) is 3.58. The van der Waals surface area contributed by atoms with Crippen LogP contribution < -0.4 is 10.2 Å². The van der Waals surface area contributed by atoms with Crippen molar-refractivity contribution in [2.24, 2.45) is 4.99 Å². The summed E-state index contributed by atoms with van der Waals surface area (Å²) in [7, 11) is 5.70. The van der Waals surface area contributed by atoms with Crippen molar-refractivity contribution in [1.82, 2.24) is 20.1 Å². The first-order valence-electron chi connectivity index (χ1n) is 9.64. The summed E-state index contributed by atoms with van der Waals surface area (Å²) in [6, 6.07) is 4.15. The van der Waals surface area contributed by atoms with Crippen molar-refractivity contribution in [2.45, 2.75) is 12.6 Å². The molecular formula is C19H33IN6O2. The third kappa shape index (κ3) is 6.16. The summed E-state index contributed by atoms with van der Waals surface area (Å²) in [4.78, 5) is 16.1. The minimum atomic E-state index is 0.